The molecule has 0 N–H and O–H groups in total. The molecule has 2 rings (SSSR count). The molecule has 0 atom stereocenters. The Morgan fingerprint density at radius 1 is 1.30 bits per heavy atom. The van der Waals surface area contributed by atoms with E-state index in [1.54, 1.807) is 30.1 Å². The van der Waals surface area contributed by atoms with Crippen LogP contribution in [-0.4, -0.2) is 9.78 Å². The second kappa shape index (κ2) is 5.87. The first-order valence-electron chi connectivity index (χ1n) is 5.77. The number of ether oxygens (including phenoxy) is 1. The Labute approximate surface area is 122 Å². The molecule has 0 saturated heterocycles. The smallest absolute Gasteiger partial charge is 0.419 e. The summed E-state index contributed by atoms with van der Waals surface area (Å²) in [7, 11) is 1.73. The summed E-state index contributed by atoms with van der Waals surface area (Å²) in [5.74, 6) is -0.187. The third-order valence-electron chi connectivity index (χ3n) is 2.65. The van der Waals surface area contributed by atoms with Crippen LogP contribution in [0, 0.1) is 0 Å². The predicted molar refractivity (Wildman–Crippen MR) is 71.6 cm³/mol. The summed E-state index contributed by atoms with van der Waals surface area (Å²) >= 11 is 3.14. The van der Waals surface area contributed by atoms with E-state index in [-0.39, 0.29) is 12.4 Å². The summed E-state index contributed by atoms with van der Waals surface area (Å²) in [4.78, 5) is 0. The predicted octanol–water partition coefficient (Wildman–Crippen LogP) is 3.91. The zero-order valence-corrected chi connectivity index (χ0v) is 12.2. The van der Waals surface area contributed by atoms with Crippen molar-refractivity contribution in [1.29, 1.82) is 0 Å². The van der Waals surface area contributed by atoms with Crippen LogP contribution in [0.5, 0.6) is 5.75 Å². The van der Waals surface area contributed by atoms with Crippen LogP contribution < -0.4 is 4.74 Å². The average Bonchev–Trinajstić information content (AvgIpc) is 2.81. The highest BCUT2D eigenvalue weighted by Gasteiger charge is 2.34. The molecule has 0 aliphatic rings. The molecule has 1 aromatic heterocycles. The lowest BCUT2D eigenvalue weighted by atomic mass is 10.1. The highest BCUT2D eigenvalue weighted by atomic mass is 79.9. The summed E-state index contributed by atoms with van der Waals surface area (Å²) in [6.45, 7) is -0.00240. The molecule has 0 bridgehead atoms. The average molecular weight is 349 g/mol. The van der Waals surface area contributed by atoms with Gasteiger partial charge in [-0.1, -0.05) is 22.0 Å². The molecule has 3 nitrogen and oxygen atoms in total. The minimum Gasteiger partial charge on any atom is -0.487 e. The fourth-order valence-corrected chi connectivity index (χ4v) is 2.05. The molecule has 1 aromatic carbocycles. The second-order valence-corrected chi connectivity index (χ2v) is 4.79. The zero-order chi connectivity index (χ0) is 14.8. The molecule has 0 fully saturated rings. The number of hydrogen-bond donors (Lipinski definition) is 0. The minimum absolute atomic E-state index is 0.00240. The van der Waals surface area contributed by atoms with E-state index in [9.17, 15) is 13.2 Å². The summed E-state index contributed by atoms with van der Waals surface area (Å²) < 4.78 is 45.8. The topological polar surface area (TPSA) is 27.1 Å². The van der Waals surface area contributed by atoms with Crippen molar-refractivity contribution in [3.05, 3.63) is 47.3 Å². The number of aromatic nitrogens is 2. The van der Waals surface area contributed by atoms with Crippen molar-refractivity contribution in [2.24, 2.45) is 7.05 Å². The molecule has 2 aromatic rings. The summed E-state index contributed by atoms with van der Waals surface area (Å²) in [5.41, 5.74) is 0.345. The molecular formula is C13H12BrF3N2O. The van der Waals surface area contributed by atoms with Crippen molar-refractivity contribution >= 4 is 15.9 Å². The Balaban J connectivity index is 2.22. The normalized spacial score (nSPS) is 11.7. The van der Waals surface area contributed by atoms with Crippen molar-refractivity contribution in [2.75, 3.05) is 0 Å². The third kappa shape index (κ3) is 3.53. The molecule has 0 unspecified atom stereocenters. The van der Waals surface area contributed by atoms with Crippen molar-refractivity contribution in [1.82, 2.24) is 9.78 Å². The van der Waals surface area contributed by atoms with E-state index >= 15 is 0 Å². The lowest BCUT2D eigenvalue weighted by molar-refractivity contribution is -0.139. The zero-order valence-electron chi connectivity index (χ0n) is 10.6. The summed E-state index contributed by atoms with van der Waals surface area (Å²) in [6, 6.07) is 5.71. The van der Waals surface area contributed by atoms with Crippen LogP contribution in [0.4, 0.5) is 13.2 Å². The van der Waals surface area contributed by atoms with Crippen LogP contribution >= 0.6 is 15.9 Å². The quantitative estimate of drug-likeness (QED) is 0.783. The van der Waals surface area contributed by atoms with Gasteiger partial charge in [-0.2, -0.15) is 18.3 Å². The van der Waals surface area contributed by atoms with Gasteiger partial charge in [-0.15, -0.1) is 0 Å². The van der Waals surface area contributed by atoms with E-state index in [2.05, 4.69) is 21.0 Å². The third-order valence-corrected chi connectivity index (χ3v) is 3.30. The number of rotatable bonds is 4. The van der Waals surface area contributed by atoms with E-state index < -0.39 is 11.7 Å². The van der Waals surface area contributed by atoms with Gasteiger partial charge in [-0.25, -0.2) is 0 Å². The molecule has 0 aliphatic heterocycles. The molecule has 0 saturated carbocycles. The Morgan fingerprint density at radius 3 is 2.60 bits per heavy atom. The van der Waals surface area contributed by atoms with Gasteiger partial charge in [0.05, 0.1) is 11.3 Å². The number of halogens is 4. The minimum atomic E-state index is -4.45. The molecule has 0 aliphatic carbocycles. The van der Waals surface area contributed by atoms with Crippen LogP contribution in [0.2, 0.25) is 0 Å². The van der Waals surface area contributed by atoms with Gasteiger partial charge in [0.1, 0.15) is 12.4 Å². The molecule has 0 spiro atoms. The number of hydrogen-bond acceptors (Lipinski definition) is 2. The van der Waals surface area contributed by atoms with Gasteiger partial charge in [0, 0.05) is 18.6 Å². The standard InChI is InChI=1S/C13H12BrF3N2O/c1-19-5-4-10(18-19)8-20-12-3-2-9(7-14)6-11(12)13(15,16)17/h2-6H,7-8H2,1H3. The highest BCUT2D eigenvalue weighted by molar-refractivity contribution is 9.08. The van der Waals surface area contributed by atoms with E-state index in [1.807, 2.05) is 0 Å². The lowest BCUT2D eigenvalue weighted by Gasteiger charge is -2.14. The molecule has 0 radical (unpaired) electrons. The lowest BCUT2D eigenvalue weighted by Crippen LogP contribution is -2.09. The van der Waals surface area contributed by atoms with Crippen LogP contribution in [0.15, 0.2) is 30.5 Å². The summed E-state index contributed by atoms with van der Waals surface area (Å²) in [5, 5.41) is 4.41. The van der Waals surface area contributed by atoms with Crippen molar-refractivity contribution in [3.63, 3.8) is 0 Å². The molecular weight excluding hydrogens is 337 g/mol. The van der Waals surface area contributed by atoms with Gasteiger partial charge in [0.15, 0.2) is 0 Å². The van der Waals surface area contributed by atoms with Gasteiger partial charge in [0.2, 0.25) is 0 Å². The van der Waals surface area contributed by atoms with Crippen LogP contribution in [-0.2, 0) is 25.2 Å². The van der Waals surface area contributed by atoms with E-state index in [1.165, 1.54) is 6.07 Å². The number of aryl methyl sites for hydroxylation is 1. The van der Waals surface area contributed by atoms with Crippen LogP contribution in [0.25, 0.3) is 0 Å². The van der Waals surface area contributed by atoms with Gasteiger partial charge in [0.25, 0.3) is 0 Å². The first-order valence-corrected chi connectivity index (χ1v) is 6.89. The van der Waals surface area contributed by atoms with E-state index in [0.717, 1.165) is 6.07 Å². The van der Waals surface area contributed by atoms with Gasteiger partial charge < -0.3 is 4.74 Å². The Morgan fingerprint density at radius 2 is 2.05 bits per heavy atom. The maximum Gasteiger partial charge on any atom is 0.419 e. The summed E-state index contributed by atoms with van der Waals surface area (Å²) in [6.07, 6.45) is -2.74. The number of nitrogens with zero attached hydrogens (tertiary/aromatic N) is 2. The highest BCUT2D eigenvalue weighted by Crippen LogP contribution is 2.37. The van der Waals surface area contributed by atoms with E-state index in [4.69, 9.17) is 4.74 Å². The SMILES string of the molecule is Cn1ccc(COc2ccc(CBr)cc2C(F)(F)F)n1. The first-order chi connectivity index (χ1) is 9.40. The van der Waals surface area contributed by atoms with E-state index in [0.29, 0.717) is 16.6 Å². The number of benzene rings is 1. The first kappa shape index (κ1) is 14.9. The van der Waals surface area contributed by atoms with Gasteiger partial charge in [-0.3, -0.25) is 4.68 Å². The Bertz CT molecular complexity index is 596. The van der Waals surface area contributed by atoms with Crippen LogP contribution in [0.3, 0.4) is 0 Å². The largest absolute Gasteiger partial charge is 0.487 e. The van der Waals surface area contributed by atoms with Gasteiger partial charge >= 0.3 is 6.18 Å². The molecule has 20 heavy (non-hydrogen) atoms. The fraction of sp³-hybridized carbons (Fsp3) is 0.308. The fourth-order valence-electron chi connectivity index (χ4n) is 1.70. The second-order valence-electron chi connectivity index (χ2n) is 4.23. The number of alkyl halides is 4. The van der Waals surface area contributed by atoms with Crippen molar-refractivity contribution in [3.8, 4) is 5.75 Å². The molecule has 7 heteroatoms. The molecule has 1 heterocycles. The van der Waals surface area contributed by atoms with Crippen molar-refractivity contribution < 1.29 is 17.9 Å². The maximum atomic E-state index is 13.0. The van der Waals surface area contributed by atoms with Gasteiger partial charge in [-0.05, 0) is 23.8 Å². The molecule has 0 amide bonds. The Hall–Kier alpha value is -1.50. The molecule has 108 valence electrons. The van der Waals surface area contributed by atoms with Crippen LogP contribution in [0.1, 0.15) is 16.8 Å². The Kier molecular flexibility index (Phi) is 4.37. The maximum absolute atomic E-state index is 13.0. The monoisotopic (exact) mass is 348 g/mol. The van der Waals surface area contributed by atoms with Crippen molar-refractivity contribution in [2.45, 2.75) is 18.1 Å².